The monoisotopic (exact) mass is 431 g/mol. The van der Waals surface area contributed by atoms with Gasteiger partial charge in [0.1, 0.15) is 12.3 Å². The summed E-state index contributed by atoms with van der Waals surface area (Å²) in [6.07, 6.45) is -3.03. The summed E-state index contributed by atoms with van der Waals surface area (Å²) >= 11 is 0. The molecule has 8 nitrogen and oxygen atoms in total. The van der Waals surface area contributed by atoms with Crippen LogP contribution < -0.4 is 10.1 Å². The third-order valence-electron chi connectivity index (χ3n) is 4.36. The summed E-state index contributed by atoms with van der Waals surface area (Å²) in [5, 5.41) is 14.0. The highest BCUT2D eigenvalue weighted by atomic mass is 19.4. The van der Waals surface area contributed by atoms with Crippen molar-refractivity contribution in [2.24, 2.45) is 0 Å². The molecule has 0 aliphatic carbocycles. The molecule has 0 fully saturated rings. The van der Waals surface area contributed by atoms with Crippen molar-refractivity contribution < 1.29 is 37.1 Å². The number of carbonyl (C=O) groups excluding carboxylic acids is 1. The zero-order chi connectivity index (χ0) is 22.3. The van der Waals surface area contributed by atoms with Crippen LogP contribution in [0.15, 0.2) is 16.7 Å². The maximum Gasteiger partial charge on any atom is 0.437 e. The number of carboxylic acid groups (broad SMARTS) is 1. The number of benzene rings is 1. The van der Waals surface area contributed by atoms with Crippen molar-refractivity contribution in [1.82, 2.24) is 15.4 Å². The minimum atomic E-state index is -4.61. The highest BCUT2D eigenvalue weighted by molar-refractivity contribution is 5.85. The molecule has 0 aliphatic heterocycles. The van der Waals surface area contributed by atoms with E-state index in [2.05, 4.69) is 10.5 Å². The van der Waals surface area contributed by atoms with Crippen LogP contribution in [0.3, 0.4) is 0 Å². The van der Waals surface area contributed by atoms with E-state index in [1.54, 1.807) is 6.92 Å². The van der Waals surface area contributed by atoms with Crippen LogP contribution in [0.1, 0.15) is 37.9 Å². The number of nitrogens with zero attached hydrogens (tertiary/aromatic N) is 2. The van der Waals surface area contributed by atoms with E-state index in [0.29, 0.717) is 43.7 Å². The minimum Gasteiger partial charge on any atom is -0.493 e. The fraction of sp³-hybridized carbons (Fsp3) is 0.526. The lowest BCUT2D eigenvalue weighted by Crippen LogP contribution is -2.42. The molecule has 2 amide bonds. The standard InChI is InChI=1S/C19H24F3N3O5/c1-3-6-12-14(8-7-13-16(12)30-24-17(13)19(20,21)22)29-10-5-9-25(4-2)18(28)23-11-15(26)27/h7-8H,3-6,9-11H2,1-2H3,(H,23,28)(H,26,27). The lowest BCUT2D eigenvalue weighted by Gasteiger charge is -2.21. The normalized spacial score (nSPS) is 11.5. The number of ether oxygens (including phenoxy) is 1. The van der Waals surface area contributed by atoms with Crippen molar-refractivity contribution in [3.8, 4) is 5.75 Å². The van der Waals surface area contributed by atoms with E-state index in [1.807, 2.05) is 6.92 Å². The molecular formula is C19H24F3N3O5. The molecule has 2 aromatic rings. The number of urea groups is 1. The third kappa shape index (κ3) is 5.77. The smallest absolute Gasteiger partial charge is 0.437 e. The van der Waals surface area contributed by atoms with Gasteiger partial charge in [0.2, 0.25) is 0 Å². The molecule has 30 heavy (non-hydrogen) atoms. The molecule has 0 radical (unpaired) electrons. The highest BCUT2D eigenvalue weighted by Crippen LogP contribution is 2.38. The maximum absolute atomic E-state index is 13.1. The number of nitrogens with one attached hydrogen (secondary N) is 1. The summed E-state index contributed by atoms with van der Waals surface area (Å²) in [5.41, 5.74) is -0.484. The number of aliphatic carboxylic acids is 1. The van der Waals surface area contributed by atoms with Gasteiger partial charge in [0, 0.05) is 18.7 Å². The van der Waals surface area contributed by atoms with Crippen LogP contribution >= 0.6 is 0 Å². The lowest BCUT2D eigenvalue weighted by atomic mass is 10.0. The molecular weight excluding hydrogens is 407 g/mol. The summed E-state index contributed by atoms with van der Waals surface area (Å²) in [6, 6.07) is 2.26. The topological polar surface area (TPSA) is 105 Å². The van der Waals surface area contributed by atoms with Crippen molar-refractivity contribution >= 4 is 23.0 Å². The van der Waals surface area contributed by atoms with Crippen LogP contribution in [-0.2, 0) is 17.4 Å². The van der Waals surface area contributed by atoms with E-state index < -0.39 is 30.4 Å². The number of carboxylic acids is 1. The number of alkyl halides is 3. The Morgan fingerprint density at radius 1 is 1.30 bits per heavy atom. The predicted octanol–water partition coefficient (Wildman–Crippen LogP) is 3.68. The molecule has 0 saturated heterocycles. The first-order valence-corrected chi connectivity index (χ1v) is 9.54. The number of aryl methyl sites for hydroxylation is 1. The summed E-state index contributed by atoms with van der Waals surface area (Å²) in [6.45, 7) is 4.11. The average molecular weight is 431 g/mol. The molecule has 0 atom stereocenters. The van der Waals surface area contributed by atoms with E-state index in [4.69, 9.17) is 14.4 Å². The molecule has 2 rings (SSSR count). The molecule has 1 aromatic carbocycles. The Morgan fingerprint density at radius 2 is 2.03 bits per heavy atom. The number of fused-ring (bicyclic) bond motifs is 1. The highest BCUT2D eigenvalue weighted by Gasteiger charge is 2.37. The van der Waals surface area contributed by atoms with Gasteiger partial charge in [0.25, 0.3) is 0 Å². The first-order valence-electron chi connectivity index (χ1n) is 9.54. The van der Waals surface area contributed by atoms with Crippen molar-refractivity contribution in [3.05, 3.63) is 23.4 Å². The van der Waals surface area contributed by atoms with E-state index in [1.165, 1.54) is 17.0 Å². The van der Waals surface area contributed by atoms with Gasteiger partial charge in [-0.2, -0.15) is 13.2 Å². The van der Waals surface area contributed by atoms with Crippen LogP contribution in [0, 0.1) is 0 Å². The van der Waals surface area contributed by atoms with Crippen molar-refractivity contribution in [2.45, 2.75) is 39.3 Å². The van der Waals surface area contributed by atoms with Gasteiger partial charge in [-0.1, -0.05) is 18.5 Å². The van der Waals surface area contributed by atoms with Gasteiger partial charge in [0.15, 0.2) is 11.3 Å². The van der Waals surface area contributed by atoms with Gasteiger partial charge in [0.05, 0.1) is 12.0 Å². The Labute approximate surface area is 170 Å². The van der Waals surface area contributed by atoms with Gasteiger partial charge < -0.3 is 24.6 Å². The van der Waals surface area contributed by atoms with Gasteiger partial charge in [-0.3, -0.25) is 4.79 Å². The molecule has 1 heterocycles. The first kappa shape index (κ1) is 23.3. The van der Waals surface area contributed by atoms with E-state index in [-0.39, 0.29) is 17.6 Å². The largest absolute Gasteiger partial charge is 0.493 e. The molecule has 0 saturated carbocycles. The van der Waals surface area contributed by atoms with Crippen molar-refractivity contribution in [2.75, 3.05) is 26.2 Å². The van der Waals surface area contributed by atoms with Gasteiger partial charge in [-0.15, -0.1) is 0 Å². The first-order chi connectivity index (χ1) is 14.2. The average Bonchev–Trinajstić information content (AvgIpc) is 3.12. The Morgan fingerprint density at radius 3 is 2.63 bits per heavy atom. The van der Waals surface area contributed by atoms with Crippen LogP contribution in [-0.4, -0.2) is 53.4 Å². The molecule has 166 valence electrons. The number of hydrogen-bond acceptors (Lipinski definition) is 5. The second kappa shape index (κ2) is 10.2. The maximum atomic E-state index is 13.1. The van der Waals surface area contributed by atoms with Gasteiger partial charge in [-0.25, -0.2) is 4.79 Å². The predicted molar refractivity (Wildman–Crippen MR) is 101 cm³/mol. The van der Waals surface area contributed by atoms with Gasteiger partial charge in [-0.05, 0) is 31.9 Å². The fourth-order valence-corrected chi connectivity index (χ4v) is 2.97. The van der Waals surface area contributed by atoms with Crippen LogP contribution in [0.25, 0.3) is 11.0 Å². The number of aromatic nitrogens is 1. The number of halogens is 3. The Hall–Kier alpha value is -2.98. The van der Waals surface area contributed by atoms with Crippen molar-refractivity contribution in [3.63, 3.8) is 0 Å². The van der Waals surface area contributed by atoms with Gasteiger partial charge >= 0.3 is 18.2 Å². The molecule has 0 spiro atoms. The summed E-state index contributed by atoms with van der Waals surface area (Å²) in [5.74, 6) is -0.727. The summed E-state index contributed by atoms with van der Waals surface area (Å²) < 4.78 is 49.9. The number of amides is 2. The Kier molecular flexibility index (Phi) is 7.90. The summed E-state index contributed by atoms with van der Waals surface area (Å²) in [7, 11) is 0. The molecule has 11 heteroatoms. The molecule has 2 N–H and O–H groups in total. The molecule has 0 bridgehead atoms. The number of carbonyl (C=O) groups is 2. The van der Waals surface area contributed by atoms with E-state index >= 15 is 0 Å². The second-order valence-corrected chi connectivity index (χ2v) is 6.53. The zero-order valence-corrected chi connectivity index (χ0v) is 16.7. The molecule has 1 aromatic heterocycles. The SMILES string of the molecule is CCCc1c(OCCCN(CC)C(=O)NCC(=O)O)ccc2c(C(F)(F)F)noc12. The minimum absolute atomic E-state index is 0.0601. The van der Waals surface area contributed by atoms with E-state index in [0.717, 1.165) is 0 Å². The fourth-order valence-electron chi connectivity index (χ4n) is 2.97. The number of rotatable bonds is 10. The molecule has 0 unspecified atom stereocenters. The summed E-state index contributed by atoms with van der Waals surface area (Å²) in [4.78, 5) is 23.9. The quantitative estimate of drug-likeness (QED) is 0.556. The van der Waals surface area contributed by atoms with Crippen LogP contribution in [0.5, 0.6) is 5.75 Å². The van der Waals surface area contributed by atoms with Crippen LogP contribution in [0.2, 0.25) is 0 Å². The van der Waals surface area contributed by atoms with Crippen LogP contribution in [0.4, 0.5) is 18.0 Å². The zero-order valence-electron chi connectivity index (χ0n) is 16.7. The van der Waals surface area contributed by atoms with E-state index in [9.17, 15) is 22.8 Å². The Balaban J connectivity index is 2.04. The third-order valence-corrected chi connectivity index (χ3v) is 4.36. The number of hydrogen-bond donors (Lipinski definition) is 2. The second-order valence-electron chi connectivity index (χ2n) is 6.53. The Bertz CT molecular complexity index is 882. The lowest BCUT2D eigenvalue weighted by molar-refractivity contribution is -0.141. The molecule has 0 aliphatic rings. The van der Waals surface area contributed by atoms with Crippen molar-refractivity contribution in [1.29, 1.82) is 0 Å².